The summed E-state index contributed by atoms with van der Waals surface area (Å²) in [6.45, 7) is 1.06. The number of aromatic nitrogens is 2. The van der Waals surface area contributed by atoms with E-state index < -0.39 is 0 Å². The number of hydrogen-bond donors (Lipinski definition) is 1. The Balaban J connectivity index is 1.29. The van der Waals surface area contributed by atoms with E-state index >= 15 is 0 Å². The molecule has 138 valence electrons. The van der Waals surface area contributed by atoms with Crippen LogP contribution in [-0.4, -0.2) is 34.1 Å². The zero-order chi connectivity index (χ0) is 18.2. The molecule has 0 radical (unpaired) electrons. The highest BCUT2D eigenvalue weighted by molar-refractivity contribution is 5.78. The quantitative estimate of drug-likeness (QED) is 0.769. The number of H-pyrrole nitrogens is 1. The summed E-state index contributed by atoms with van der Waals surface area (Å²) in [6, 6.07) is 13.9. The fourth-order valence-corrected chi connectivity index (χ4v) is 3.97. The lowest BCUT2D eigenvalue weighted by molar-refractivity contribution is -0.132. The number of aryl methyl sites for hydroxylation is 1. The van der Waals surface area contributed by atoms with Crippen LogP contribution in [0.3, 0.4) is 0 Å². The van der Waals surface area contributed by atoms with Crippen molar-refractivity contribution in [3.63, 3.8) is 0 Å². The van der Waals surface area contributed by atoms with Gasteiger partial charge in [0, 0.05) is 13.0 Å². The average molecular weight is 363 g/mol. The molecule has 1 fully saturated rings. The summed E-state index contributed by atoms with van der Waals surface area (Å²) in [4.78, 5) is 23.0. The molecular formula is C21H21N3O3. The maximum Gasteiger partial charge on any atom is 0.231 e. The molecular weight excluding hydrogens is 342 g/mol. The van der Waals surface area contributed by atoms with Gasteiger partial charge in [0.25, 0.3) is 0 Å². The van der Waals surface area contributed by atoms with Crippen LogP contribution in [0.15, 0.2) is 42.5 Å². The van der Waals surface area contributed by atoms with Crippen molar-refractivity contribution in [2.45, 2.75) is 31.7 Å². The van der Waals surface area contributed by atoms with E-state index in [0.717, 1.165) is 53.3 Å². The highest BCUT2D eigenvalue weighted by Crippen LogP contribution is 2.34. The number of nitrogens with zero attached hydrogens (tertiary/aromatic N) is 2. The maximum atomic E-state index is 12.9. The van der Waals surface area contributed by atoms with Gasteiger partial charge in [-0.15, -0.1) is 0 Å². The number of nitrogens with one attached hydrogen (secondary N) is 1. The number of ether oxygens (including phenoxy) is 2. The van der Waals surface area contributed by atoms with Gasteiger partial charge >= 0.3 is 0 Å². The Labute approximate surface area is 157 Å². The first-order valence-electron chi connectivity index (χ1n) is 9.40. The van der Waals surface area contributed by atoms with Crippen molar-refractivity contribution in [3.8, 4) is 11.5 Å². The molecule has 1 atom stereocenters. The van der Waals surface area contributed by atoms with Gasteiger partial charge in [-0.2, -0.15) is 0 Å². The van der Waals surface area contributed by atoms with Crippen LogP contribution in [-0.2, 0) is 11.2 Å². The van der Waals surface area contributed by atoms with Gasteiger partial charge in [0.05, 0.1) is 17.1 Å². The molecule has 3 aromatic rings. The normalized spacial score (nSPS) is 18.4. The number of imidazole rings is 1. The zero-order valence-corrected chi connectivity index (χ0v) is 15.0. The molecule has 5 rings (SSSR count). The van der Waals surface area contributed by atoms with Crippen LogP contribution < -0.4 is 9.47 Å². The molecule has 6 heteroatoms. The van der Waals surface area contributed by atoms with Gasteiger partial charge in [-0.1, -0.05) is 18.2 Å². The van der Waals surface area contributed by atoms with Crippen molar-refractivity contribution in [2.24, 2.45) is 0 Å². The molecule has 1 saturated heterocycles. The minimum Gasteiger partial charge on any atom is -0.454 e. The van der Waals surface area contributed by atoms with Gasteiger partial charge in [0.2, 0.25) is 12.7 Å². The van der Waals surface area contributed by atoms with Gasteiger partial charge < -0.3 is 19.4 Å². The number of hydrogen-bond acceptors (Lipinski definition) is 4. The summed E-state index contributed by atoms with van der Waals surface area (Å²) in [5.74, 6) is 2.61. The number of likely N-dealkylation sites (tertiary alicyclic amines) is 1. The molecule has 2 aliphatic heterocycles. The van der Waals surface area contributed by atoms with Crippen LogP contribution in [0, 0.1) is 0 Å². The molecule has 1 amide bonds. The van der Waals surface area contributed by atoms with Crippen molar-refractivity contribution in [1.29, 1.82) is 0 Å². The maximum absolute atomic E-state index is 12.9. The lowest BCUT2D eigenvalue weighted by Gasteiger charge is -2.23. The summed E-state index contributed by atoms with van der Waals surface area (Å²) in [6.07, 6.45) is 3.14. The average Bonchev–Trinajstić information content (AvgIpc) is 3.43. The monoisotopic (exact) mass is 363 g/mol. The minimum absolute atomic E-state index is 0.0432. The molecule has 0 spiro atoms. The molecule has 2 aromatic carbocycles. The van der Waals surface area contributed by atoms with E-state index in [0.29, 0.717) is 12.8 Å². The molecule has 6 nitrogen and oxygen atoms in total. The van der Waals surface area contributed by atoms with Crippen LogP contribution in [0.1, 0.15) is 36.7 Å². The largest absolute Gasteiger partial charge is 0.454 e. The van der Waals surface area contributed by atoms with Crippen molar-refractivity contribution in [3.05, 3.63) is 53.9 Å². The van der Waals surface area contributed by atoms with Crippen molar-refractivity contribution >= 4 is 16.9 Å². The predicted octanol–water partition coefficient (Wildman–Crippen LogP) is 3.59. The second-order valence-corrected chi connectivity index (χ2v) is 7.07. The predicted molar refractivity (Wildman–Crippen MR) is 101 cm³/mol. The Morgan fingerprint density at radius 2 is 2.07 bits per heavy atom. The number of benzene rings is 2. The smallest absolute Gasteiger partial charge is 0.231 e. The Morgan fingerprint density at radius 1 is 1.19 bits per heavy atom. The fraction of sp³-hybridized carbons (Fsp3) is 0.333. The Morgan fingerprint density at radius 3 is 3.00 bits per heavy atom. The summed E-state index contributed by atoms with van der Waals surface area (Å²) in [5.41, 5.74) is 3.06. The second-order valence-electron chi connectivity index (χ2n) is 7.07. The fourth-order valence-electron chi connectivity index (χ4n) is 3.97. The lowest BCUT2D eigenvalue weighted by atomic mass is 10.1. The number of rotatable bonds is 4. The van der Waals surface area contributed by atoms with Gasteiger partial charge in [-0.3, -0.25) is 4.79 Å². The summed E-state index contributed by atoms with van der Waals surface area (Å²) in [5, 5.41) is 0. The van der Waals surface area contributed by atoms with E-state index in [1.165, 1.54) is 0 Å². The van der Waals surface area contributed by atoms with Crippen LogP contribution in [0.25, 0.3) is 11.0 Å². The molecule has 1 aromatic heterocycles. The molecule has 0 unspecified atom stereocenters. The lowest BCUT2D eigenvalue weighted by Crippen LogP contribution is -2.31. The van der Waals surface area contributed by atoms with Crippen molar-refractivity contribution in [1.82, 2.24) is 14.9 Å². The summed E-state index contributed by atoms with van der Waals surface area (Å²) in [7, 11) is 0. The van der Waals surface area contributed by atoms with Gasteiger partial charge in [-0.05, 0) is 49.1 Å². The van der Waals surface area contributed by atoms with E-state index in [1.807, 2.05) is 47.4 Å². The van der Waals surface area contributed by atoms with Gasteiger partial charge in [0.15, 0.2) is 11.5 Å². The zero-order valence-electron chi connectivity index (χ0n) is 15.0. The van der Waals surface area contributed by atoms with Gasteiger partial charge in [0.1, 0.15) is 5.82 Å². The van der Waals surface area contributed by atoms with E-state index in [-0.39, 0.29) is 18.7 Å². The van der Waals surface area contributed by atoms with Crippen LogP contribution in [0.4, 0.5) is 0 Å². The molecule has 3 heterocycles. The molecule has 0 aliphatic carbocycles. The summed E-state index contributed by atoms with van der Waals surface area (Å²) < 4.78 is 10.8. The Bertz CT molecular complexity index is 964. The van der Waals surface area contributed by atoms with Crippen LogP contribution in [0.5, 0.6) is 11.5 Å². The van der Waals surface area contributed by atoms with Crippen LogP contribution >= 0.6 is 0 Å². The van der Waals surface area contributed by atoms with Gasteiger partial charge in [-0.25, -0.2) is 4.98 Å². The van der Waals surface area contributed by atoms with Crippen molar-refractivity contribution in [2.75, 3.05) is 13.3 Å². The Hall–Kier alpha value is -3.02. The molecule has 1 N–H and O–H groups in total. The number of carbonyl (C=O) groups excluding carboxylic acids is 1. The highest BCUT2D eigenvalue weighted by Gasteiger charge is 2.31. The topological polar surface area (TPSA) is 67.5 Å². The third-order valence-corrected chi connectivity index (χ3v) is 5.36. The van der Waals surface area contributed by atoms with E-state index in [2.05, 4.69) is 4.98 Å². The highest BCUT2D eigenvalue weighted by atomic mass is 16.7. The first-order valence-corrected chi connectivity index (χ1v) is 9.40. The van der Waals surface area contributed by atoms with E-state index in [9.17, 15) is 4.79 Å². The third kappa shape index (κ3) is 3.01. The minimum atomic E-state index is 0.0432. The van der Waals surface area contributed by atoms with Crippen molar-refractivity contribution < 1.29 is 14.3 Å². The number of aromatic amines is 1. The number of para-hydroxylation sites is 2. The standard InChI is InChI=1S/C21H21N3O3/c25-20(10-8-14-7-9-18-19(12-14)27-13-26-18)24-11-3-6-17(24)21-22-15-4-1-2-5-16(15)23-21/h1-2,4-5,7,9,12,17H,3,6,8,10-11,13H2,(H,22,23)/t17-/m0/s1. The first-order chi connectivity index (χ1) is 13.3. The summed E-state index contributed by atoms with van der Waals surface area (Å²) >= 11 is 0. The first kappa shape index (κ1) is 16.2. The third-order valence-electron chi connectivity index (χ3n) is 5.36. The molecule has 27 heavy (non-hydrogen) atoms. The SMILES string of the molecule is O=C(CCc1ccc2c(c1)OCO2)N1CCC[C@H]1c1nc2ccccc2[nH]1. The molecule has 2 aliphatic rings. The second kappa shape index (κ2) is 6.61. The number of carbonyl (C=O) groups is 1. The van der Waals surface area contributed by atoms with E-state index in [4.69, 9.17) is 14.5 Å². The van der Waals surface area contributed by atoms with Crippen LogP contribution in [0.2, 0.25) is 0 Å². The number of fused-ring (bicyclic) bond motifs is 2. The molecule has 0 saturated carbocycles. The Kier molecular flexibility index (Phi) is 3.96. The number of amides is 1. The van der Waals surface area contributed by atoms with E-state index in [1.54, 1.807) is 0 Å². The molecule has 0 bridgehead atoms.